The van der Waals surface area contributed by atoms with E-state index < -0.39 is 5.97 Å². The van der Waals surface area contributed by atoms with Crippen LogP contribution in [0.5, 0.6) is 0 Å². The van der Waals surface area contributed by atoms with Crippen molar-refractivity contribution in [1.29, 1.82) is 0 Å². The summed E-state index contributed by atoms with van der Waals surface area (Å²) in [6.07, 6.45) is 1.34. The zero-order chi connectivity index (χ0) is 20.0. The van der Waals surface area contributed by atoms with E-state index in [4.69, 9.17) is 9.52 Å². The van der Waals surface area contributed by atoms with E-state index in [0.29, 0.717) is 17.9 Å². The Labute approximate surface area is 161 Å². The minimum atomic E-state index is -1.05. The molecule has 0 spiro atoms. The Morgan fingerprint density at radius 3 is 2.59 bits per heavy atom. The van der Waals surface area contributed by atoms with Crippen LogP contribution in [-0.4, -0.2) is 48.4 Å². The van der Waals surface area contributed by atoms with E-state index in [2.05, 4.69) is 5.32 Å². The van der Waals surface area contributed by atoms with Gasteiger partial charge in [0.1, 0.15) is 11.3 Å². The average Bonchev–Trinajstić information content (AvgIpc) is 3.14. The average molecular weight is 390 g/mol. The van der Waals surface area contributed by atoms with Crippen molar-refractivity contribution < 1.29 is 23.9 Å². The number of thioether (sulfide) groups is 1. The lowest BCUT2D eigenvalue weighted by Crippen LogP contribution is -2.37. The van der Waals surface area contributed by atoms with E-state index in [1.54, 1.807) is 39.2 Å². The molecule has 7 nitrogen and oxygen atoms in total. The first-order chi connectivity index (χ1) is 12.8. The second-order valence-corrected chi connectivity index (χ2v) is 7.07. The third-order valence-corrected chi connectivity index (χ3v) is 5.11. The van der Waals surface area contributed by atoms with Gasteiger partial charge in [-0.25, -0.2) is 4.79 Å². The third-order valence-electron chi connectivity index (χ3n) is 4.04. The number of hydrogen-bond donors (Lipinski definition) is 2. The van der Waals surface area contributed by atoms with E-state index in [1.165, 1.54) is 29.0 Å². The molecule has 0 saturated heterocycles. The number of hydrogen-bond acceptors (Lipinski definition) is 5. The van der Waals surface area contributed by atoms with Crippen molar-refractivity contribution >= 4 is 29.5 Å². The van der Waals surface area contributed by atoms with Crippen LogP contribution in [-0.2, 0) is 10.5 Å². The number of carboxylic acids is 1. The molecule has 1 aromatic heterocycles. The zero-order valence-electron chi connectivity index (χ0n) is 15.4. The molecule has 1 heterocycles. The van der Waals surface area contributed by atoms with Gasteiger partial charge in [0.15, 0.2) is 0 Å². The quantitative estimate of drug-likeness (QED) is 0.673. The van der Waals surface area contributed by atoms with E-state index in [9.17, 15) is 14.4 Å². The summed E-state index contributed by atoms with van der Waals surface area (Å²) in [5.74, 6) is -1.08. The molecular formula is C19H22N2O5S. The highest BCUT2D eigenvalue weighted by atomic mass is 32.2. The monoisotopic (exact) mass is 390 g/mol. The normalized spacial score (nSPS) is 11.7. The SMILES string of the molecule is CNC(=O)C(C)CN(C)C(=O)c1ccccc1SCc1occc1C(=O)O. The Hall–Kier alpha value is -2.74. The summed E-state index contributed by atoms with van der Waals surface area (Å²) in [7, 11) is 3.21. The molecule has 2 N–H and O–H groups in total. The lowest BCUT2D eigenvalue weighted by atomic mass is 10.1. The van der Waals surface area contributed by atoms with Crippen molar-refractivity contribution in [3.05, 3.63) is 53.5 Å². The van der Waals surface area contributed by atoms with Gasteiger partial charge in [-0.15, -0.1) is 11.8 Å². The first-order valence-corrected chi connectivity index (χ1v) is 9.32. The molecule has 1 atom stereocenters. The van der Waals surface area contributed by atoms with Gasteiger partial charge < -0.3 is 19.7 Å². The van der Waals surface area contributed by atoms with Crippen molar-refractivity contribution in [2.75, 3.05) is 20.6 Å². The lowest BCUT2D eigenvalue weighted by molar-refractivity contribution is -0.124. The maximum absolute atomic E-state index is 12.8. The maximum Gasteiger partial charge on any atom is 0.339 e. The number of amides is 2. The number of benzene rings is 1. The molecule has 1 aromatic carbocycles. The molecule has 0 saturated carbocycles. The van der Waals surface area contributed by atoms with E-state index in [1.807, 2.05) is 6.07 Å². The van der Waals surface area contributed by atoms with Crippen LogP contribution in [0.2, 0.25) is 0 Å². The van der Waals surface area contributed by atoms with E-state index in [-0.39, 0.29) is 29.0 Å². The van der Waals surface area contributed by atoms with Crippen LogP contribution in [0.1, 0.15) is 33.4 Å². The highest BCUT2D eigenvalue weighted by molar-refractivity contribution is 7.98. The molecular weight excluding hydrogens is 368 g/mol. The summed E-state index contributed by atoms with van der Waals surface area (Å²) in [5, 5.41) is 11.7. The van der Waals surface area contributed by atoms with Crippen molar-refractivity contribution in [1.82, 2.24) is 10.2 Å². The predicted octanol–water partition coefficient (Wildman–Crippen LogP) is 2.72. The first-order valence-electron chi connectivity index (χ1n) is 8.33. The van der Waals surface area contributed by atoms with Gasteiger partial charge in [-0.2, -0.15) is 0 Å². The highest BCUT2D eigenvalue weighted by Gasteiger charge is 2.21. The van der Waals surface area contributed by atoms with E-state index >= 15 is 0 Å². The topological polar surface area (TPSA) is 99.9 Å². The maximum atomic E-state index is 12.8. The van der Waals surface area contributed by atoms with Crippen LogP contribution in [0.15, 0.2) is 45.9 Å². The van der Waals surface area contributed by atoms with Gasteiger partial charge in [-0.1, -0.05) is 19.1 Å². The fourth-order valence-corrected chi connectivity index (χ4v) is 3.58. The van der Waals surface area contributed by atoms with Crippen LogP contribution < -0.4 is 5.32 Å². The molecule has 8 heteroatoms. The molecule has 27 heavy (non-hydrogen) atoms. The summed E-state index contributed by atoms with van der Waals surface area (Å²) in [6, 6.07) is 8.50. The van der Waals surface area contributed by atoms with E-state index in [0.717, 1.165) is 4.90 Å². The second-order valence-electron chi connectivity index (χ2n) is 6.05. The van der Waals surface area contributed by atoms with Gasteiger partial charge in [0.25, 0.3) is 5.91 Å². The number of nitrogens with one attached hydrogen (secondary N) is 1. The number of rotatable bonds is 8. The van der Waals surface area contributed by atoms with Crippen molar-refractivity contribution in [3.63, 3.8) is 0 Å². The molecule has 0 aliphatic rings. The summed E-state index contributed by atoms with van der Waals surface area (Å²) in [4.78, 5) is 37.9. The number of carbonyl (C=O) groups excluding carboxylic acids is 2. The van der Waals surface area contributed by atoms with Crippen LogP contribution in [0.25, 0.3) is 0 Å². The Kier molecular flexibility index (Phi) is 7.06. The number of furan rings is 1. The van der Waals surface area contributed by atoms with Gasteiger partial charge in [0.2, 0.25) is 5.91 Å². The smallest absolute Gasteiger partial charge is 0.339 e. The highest BCUT2D eigenvalue weighted by Crippen LogP contribution is 2.28. The van der Waals surface area contributed by atoms with Crippen molar-refractivity contribution in [2.45, 2.75) is 17.6 Å². The lowest BCUT2D eigenvalue weighted by Gasteiger charge is -2.22. The molecule has 0 fully saturated rings. The number of carbonyl (C=O) groups is 3. The minimum absolute atomic E-state index is 0.114. The Morgan fingerprint density at radius 1 is 1.22 bits per heavy atom. The van der Waals surface area contributed by atoms with Crippen LogP contribution >= 0.6 is 11.8 Å². The molecule has 0 radical (unpaired) electrons. The van der Waals surface area contributed by atoms with Gasteiger partial charge in [0.05, 0.1) is 23.5 Å². The zero-order valence-corrected chi connectivity index (χ0v) is 16.2. The molecule has 0 aliphatic carbocycles. The fourth-order valence-electron chi connectivity index (χ4n) is 2.58. The minimum Gasteiger partial charge on any atom is -0.478 e. The van der Waals surface area contributed by atoms with Gasteiger partial charge in [-0.3, -0.25) is 9.59 Å². The number of aromatic carboxylic acids is 1. The van der Waals surface area contributed by atoms with Gasteiger partial charge >= 0.3 is 5.97 Å². The largest absolute Gasteiger partial charge is 0.478 e. The number of carboxylic acid groups (broad SMARTS) is 1. The second kappa shape index (κ2) is 9.27. The standard InChI is InChI=1S/C19H22N2O5S/c1-12(17(22)20-2)10-21(3)18(23)14-6-4-5-7-16(14)27-11-15-13(19(24)25)8-9-26-15/h4-9,12H,10-11H2,1-3H3,(H,20,22)(H,24,25). The Morgan fingerprint density at radius 2 is 1.93 bits per heavy atom. The molecule has 2 amide bonds. The first kappa shape index (κ1) is 20.6. The van der Waals surface area contributed by atoms with Gasteiger partial charge in [0, 0.05) is 25.5 Å². The van der Waals surface area contributed by atoms with Crippen molar-refractivity contribution in [3.8, 4) is 0 Å². The van der Waals surface area contributed by atoms with Crippen LogP contribution in [0.4, 0.5) is 0 Å². The molecule has 2 rings (SSSR count). The summed E-state index contributed by atoms with van der Waals surface area (Å²) in [6.45, 7) is 2.05. The fraction of sp³-hybridized carbons (Fsp3) is 0.316. The molecule has 2 aromatic rings. The van der Waals surface area contributed by atoms with Crippen LogP contribution in [0, 0.1) is 5.92 Å². The number of nitrogens with zero attached hydrogens (tertiary/aromatic N) is 1. The third kappa shape index (κ3) is 5.13. The molecule has 1 unspecified atom stereocenters. The molecule has 144 valence electrons. The molecule has 0 aliphatic heterocycles. The van der Waals surface area contributed by atoms with Crippen LogP contribution in [0.3, 0.4) is 0 Å². The van der Waals surface area contributed by atoms with Crippen molar-refractivity contribution in [2.24, 2.45) is 5.92 Å². The predicted molar refractivity (Wildman–Crippen MR) is 102 cm³/mol. The Bertz CT molecular complexity index is 833. The van der Waals surface area contributed by atoms with Gasteiger partial charge in [-0.05, 0) is 18.2 Å². The summed E-state index contributed by atoms with van der Waals surface area (Å²) in [5.41, 5.74) is 0.611. The Balaban J connectivity index is 2.12. The summed E-state index contributed by atoms with van der Waals surface area (Å²) >= 11 is 1.33. The summed E-state index contributed by atoms with van der Waals surface area (Å²) < 4.78 is 5.25. The molecule has 0 bridgehead atoms.